The smallest absolute Gasteiger partial charge is 0.129 e. The Balaban J connectivity index is 1.87. The minimum Gasteiger partial charge on any atom is -0.333 e. The Bertz CT molecular complexity index is 613. The lowest BCUT2D eigenvalue weighted by atomic mass is 10.0. The summed E-state index contributed by atoms with van der Waals surface area (Å²) >= 11 is 5.80. The van der Waals surface area contributed by atoms with Crippen molar-refractivity contribution in [3.63, 3.8) is 0 Å². The van der Waals surface area contributed by atoms with E-state index < -0.39 is 0 Å². The quantitative estimate of drug-likeness (QED) is 0.944. The number of nitrogens with zero attached hydrogens (tertiary/aromatic N) is 3. The molecule has 0 amide bonds. The van der Waals surface area contributed by atoms with E-state index in [4.69, 9.17) is 17.3 Å². The van der Waals surface area contributed by atoms with Gasteiger partial charge in [0, 0.05) is 42.6 Å². The Kier molecular flexibility index (Phi) is 3.74. The van der Waals surface area contributed by atoms with Crippen molar-refractivity contribution in [2.24, 2.45) is 5.73 Å². The molecule has 2 aromatic rings. The number of rotatable bonds is 3. The van der Waals surface area contributed by atoms with E-state index in [2.05, 4.69) is 14.5 Å². The molecule has 0 saturated heterocycles. The van der Waals surface area contributed by atoms with Crippen LogP contribution in [-0.4, -0.2) is 27.5 Å². The fraction of sp³-hybridized carbons (Fsp3) is 0.357. The summed E-state index contributed by atoms with van der Waals surface area (Å²) in [7, 11) is 0. The predicted molar refractivity (Wildman–Crippen MR) is 75.8 cm³/mol. The average molecular weight is 295 g/mol. The fourth-order valence-electron chi connectivity index (χ4n) is 2.70. The van der Waals surface area contributed by atoms with E-state index in [-0.39, 0.29) is 11.9 Å². The molecule has 0 spiro atoms. The summed E-state index contributed by atoms with van der Waals surface area (Å²) in [5.74, 6) is 0.686. The number of fused-ring (bicyclic) bond motifs is 1. The molecule has 1 atom stereocenters. The largest absolute Gasteiger partial charge is 0.333 e. The lowest BCUT2D eigenvalue weighted by molar-refractivity contribution is 0.153. The third-order valence-corrected chi connectivity index (χ3v) is 3.99. The summed E-state index contributed by atoms with van der Waals surface area (Å²) in [5, 5.41) is 0.399. The first kappa shape index (κ1) is 13.5. The molecule has 2 N–H and O–H groups in total. The molecule has 0 bridgehead atoms. The van der Waals surface area contributed by atoms with E-state index in [9.17, 15) is 4.39 Å². The Morgan fingerprint density at radius 2 is 2.25 bits per heavy atom. The van der Waals surface area contributed by atoms with E-state index >= 15 is 0 Å². The van der Waals surface area contributed by atoms with E-state index in [0.29, 0.717) is 23.7 Å². The standard InChI is InChI=1S/C14H16ClFN4/c15-10-1-2-11(12(16)7-10)13(8-17)20-6-5-19-4-3-18-14(19)9-20/h1-4,7,13H,5-6,8-9,17H2. The molecule has 1 aromatic carbocycles. The molecule has 3 rings (SSSR count). The number of nitrogens with two attached hydrogens (primary N) is 1. The van der Waals surface area contributed by atoms with Crippen molar-refractivity contribution in [2.45, 2.75) is 19.1 Å². The topological polar surface area (TPSA) is 47.1 Å². The van der Waals surface area contributed by atoms with Crippen LogP contribution in [0, 0.1) is 5.82 Å². The third-order valence-electron chi connectivity index (χ3n) is 3.76. The molecule has 20 heavy (non-hydrogen) atoms. The van der Waals surface area contributed by atoms with Crippen LogP contribution in [0.3, 0.4) is 0 Å². The van der Waals surface area contributed by atoms with Crippen LogP contribution < -0.4 is 5.73 Å². The Labute approximate surface area is 122 Å². The number of imidazole rings is 1. The van der Waals surface area contributed by atoms with Gasteiger partial charge in [0.1, 0.15) is 11.6 Å². The number of hydrogen-bond acceptors (Lipinski definition) is 3. The molecule has 0 radical (unpaired) electrons. The van der Waals surface area contributed by atoms with E-state index in [1.807, 2.05) is 6.20 Å². The summed E-state index contributed by atoms with van der Waals surface area (Å²) in [6.45, 7) is 2.71. The lowest BCUT2D eigenvalue weighted by Crippen LogP contribution is -2.40. The highest BCUT2D eigenvalue weighted by Gasteiger charge is 2.26. The van der Waals surface area contributed by atoms with Gasteiger partial charge in [0.15, 0.2) is 0 Å². The zero-order valence-electron chi connectivity index (χ0n) is 11.0. The molecule has 1 unspecified atom stereocenters. The Morgan fingerprint density at radius 3 is 3.00 bits per heavy atom. The Hall–Kier alpha value is -1.43. The van der Waals surface area contributed by atoms with Gasteiger partial charge in [0.25, 0.3) is 0 Å². The van der Waals surface area contributed by atoms with Gasteiger partial charge in [-0.3, -0.25) is 4.90 Å². The lowest BCUT2D eigenvalue weighted by Gasteiger charge is -2.34. The normalized spacial score (nSPS) is 16.9. The monoisotopic (exact) mass is 294 g/mol. The second-order valence-electron chi connectivity index (χ2n) is 4.92. The summed E-state index contributed by atoms with van der Waals surface area (Å²) < 4.78 is 16.2. The van der Waals surface area contributed by atoms with Crippen molar-refractivity contribution in [2.75, 3.05) is 13.1 Å². The maximum absolute atomic E-state index is 14.1. The highest BCUT2D eigenvalue weighted by atomic mass is 35.5. The van der Waals surface area contributed by atoms with Gasteiger partial charge in [-0.2, -0.15) is 0 Å². The van der Waals surface area contributed by atoms with Gasteiger partial charge in [-0.05, 0) is 12.1 Å². The minimum atomic E-state index is -0.304. The van der Waals surface area contributed by atoms with Crippen LogP contribution in [0.4, 0.5) is 4.39 Å². The molecule has 1 aliphatic heterocycles. The third kappa shape index (κ3) is 2.44. The molecule has 0 fully saturated rings. The summed E-state index contributed by atoms with van der Waals surface area (Å²) in [5.41, 5.74) is 6.46. The Morgan fingerprint density at radius 1 is 1.40 bits per heavy atom. The summed E-state index contributed by atoms with van der Waals surface area (Å²) in [6.07, 6.45) is 3.76. The van der Waals surface area contributed by atoms with Crippen molar-refractivity contribution in [3.8, 4) is 0 Å². The minimum absolute atomic E-state index is 0.155. The number of halogens is 2. The van der Waals surface area contributed by atoms with Crippen LogP contribution in [0.15, 0.2) is 30.6 Å². The van der Waals surface area contributed by atoms with Crippen molar-refractivity contribution in [1.82, 2.24) is 14.5 Å². The van der Waals surface area contributed by atoms with Gasteiger partial charge in [-0.15, -0.1) is 0 Å². The second-order valence-corrected chi connectivity index (χ2v) is 5.36. The number of aromatic nitrogens is 2. The molecular formula is C14H16ClFN4. The molecule has 4 nitrogen and oxygen atoms in total. The van der Waals surface area contributed by atoms with E-state index in [1.165, 1.54) is 6.07 Å². The highest BCUT2D eigenvalue weighted by molar-refractivity contribution is 6.30. The first-order valence-electron chi connectivity index (χ1n) is 6.58. The van der Waals surface area contributed by atoms with Crippen molar-refractivity contribution >= 4 is 11.6 Å². The van der Waals surface area contributed by atoms with Crippen LogP contribution in [0.25, 0.3) is 0 Å². The van der Waals surface area contributed by atoms with Crippen LogP contribution in [0.2, 0.25) is 5.02 Å². The summed E-state index contributed by atoms with van der Waals surface area (Å²) in [4.78, 5) is 6.48. The second kappa shape index (κ2) is 5.52. The van der Waals surface area contributed by atoms with Gasteiger partial charge < -0.3 is 10.3 Å². The van der Waals surface area contributed by atoms with Crippen LogP contribution >= 0.6 is 11.6 Å². The summed E-state index contributed by atoms with van der Waals surface area (Å²) in [6, 6.07) is 4.60. The molecule has 0 saturated carbocycles. The number of benzene rings is 1. The van der Waals surface area contributed by atoms with Crippen molar-refractivity contribution in [1.29, 1.82) is 0 Å². The first-order chi connectivity index (χ1) is 9.69. The molecule has 1 aliphatic rings. The maximum Gasteiger partial charge on any atom is 0.129 e. The van der Waals surface area contributed by atoms with Crippen molar-refractivity contribution in [3.05, 3.63) is 52.8 Å². The molecule has 1 aromatic heterocycles. The highest BCUT2D eigenvalue weighted by Crippen LogP contribution is 2.27. The van der Waals surface area contributed by atoms with Crippen molar-refractivity contribution < 1.29 is 4.39 Å². The van der Waals surface area contributed by atoms with E-state index in [0.717, 1.165) is 18.9 Å². The van der Waals surface area contributed by atoms with Crippen LogP contribution in [0.1, 0.15) is 17.4 Å². The van der Waals surface area contributed by atoms with Gasteiger partial charge in [-0.25, -0.2) is 9.37 Å². The zero-order valence-corrected chi connectivity index (χ0v) is 11.7. The van der Waals surface area contributed by atoms with Crippen LogP contribution in [0.5, 0.6) is 0 Å². The SMILES string of the molecule is NCC(c1ccc(Cl)cc1F)N1CCn2ccnc2C1. The molecule has 0 aliphatic carbocycles. The van der Waals surface area contributed by atoms with Gasteiger partial charge in [-0.1, -0.05) is 17.7 Å². The molecule has 106 valence electrons. The zero-order chi connectivity index (χ0) is 14.1. The number of hydrogen-bond donors (Lipinski definition) is 1. The average Bonchev–Trinajstić information content (AvgIpc) is 2.89. The van der Waals surface area contributed by atoms with Gasteiger partial charge >= 0.3 is 0 Å². The molecule has 6 heteroatoms. The fourth-order valence-corrected chi connectivity index (χ4v) is 2.86. The maximum atomic E-state index is 14.1. The van der Waals surface area contributed by atoms with Gasteiger partial charge in [0.05, 0.1) is 12.6 Å². The first-order valence-corrected chi connectivity index (χ1v) is 6.96. The molecule has 2 heterocycles. The molecular weight excluding hydrogens is 279 g/mol. The van der Waals surface area contributed by atoms with Gasteiger partial charge in [0.2, 0.25) is 0 Å². The van der Waals surface area contributed by atoms with E-state index in [1.54, 1.807) is 18.3 Å². The predicted octanol–water partition coefficient (Wildman–Crippen LogP) is 2.19. The van der Waals surface area contributed by atoms with Crippen LogP contribution in [-0.2, 0) is 13.1 Å².